The number of morpholine rings is 1. The lowest BCUT2D eigenvalue weighted by molar-refractivity contribution is -0.125. The predicted octanol–water partition coefficient (Wildman–Crippen LogP) is 1.00. The summed E-state index contributed by atoms with van der Waals surface area (Å²) in [5.41, 5.74) is 1.22. The third-order valence-corrected chi connectivity index (χ3v) is 5.28. The highest BCUT2D eigenvalue weighted by atomic mass is 32.1. The van der Waals surface area contributed by atoms with Crippen LogP contribution in [0.2, 0.25) is 0 Å². The quantitative estimate of drug-likeness (QED) is 0.902. The molecule has 1 aromatic heterocycles. The number of aryl methyl sites for hydroxylation is 2. The average Bonchev–Trinajstić information content (AvgIpc) is 2.87. The molecule has 6 heteroatoms. The molecule has 0 aromatic carbocycles. The van der Waals surface area contributed by atoms with Crippen LogP contribution in [0.15, 0.2) is 0 Å². The number of carbonyl (C=O) groups is 1. The zero-order valence-corrected chi connectivity index (χ0v) is 13.4. The van der Waals surface area contributed by atoms with Gasteiger partial charge in [-0.2, -0.15) is 0 Å². The van der Waals surface area contributed by atoms with Crippen molar-refractivity contribution < 1.29 is 9.53 Å². The van der Waals surface area contributed by atoms with Crippen LogP contribution in [0, 0.1) is 12.8 Å². The van der Waals surface area contributed by atoms with Gasteiger partial charge in [0, 0.05) is 37.0 Å². The minimum Gasteiger partial charge on any atom is -0.379 e. The van der Waals surface area contributed by atoms with E-state index in [4.69, 9.17) is 4.74 Å². The molecule has 1 fully saturated rings. The molecule has 1 saturated heterocycles. The molecule has 1 N–H and O–H groups in total. The van der Waals surface area contributed by atoms with Crippen molar-refractivity contribution in [3.8, 4) is 0 Å². The van der Waals surface area contributed by atoms with Crippen molar-refractivity contribution in [3.05, 3.63) is 15.6 Å². The molecule has 1 unspecified atom stereocenters. The summed E-state index contributed by atoms with van der Waals surface area (Å²) in [4.78, 5) is 20.5. The lowest BCUT2D eigenvalue weighted by Gasteiger charge is -2.27. The molecule has 1 aromatic rings. The van der Waals surface area contributed by atoms with Crippen molar-refractivity contribution >= 4 is 17.2 Å². The molecule has 1 aliphatic heterocycles. The van der Waals surface area contributed by atoms with Gasteiger partial charge in [0.05, 0.1) is 23.9 Å². The second kappa shape index (κ2) is 6.85. The van der Waals surface area contributed by atoms with Crippen molar-refractivity contribution in [2.75, 3.05) is 39.4 Å². The largest absolute Gasteiger partial charge is 0.379 e. The molecule has 0 spiro atoms. The van der Waals surface area contributed by atoms with Crippen LogP contribution in [0.1, 0.15) is 22.0 Å². The summed E-state index contributed by atoms with van der Waals surface area (Å²) in [5.74, 6) is 0.335. The molecule has 0 bridgehead atoms. The number of nitrogens with zero attached hydrogens (tertiary/aromatic N) is 2. The Morgan fingerprint density at radius 3 is 3.10 bits per heavy atom. The first-order valence-corrected chi connectivity index (χ1v) is 8.57. The SMILES string of the molecule is Cc1nc2c(s1)CC(C(=O)NCCN1CCOCC1)CC2. The van der Waals surface area contributed by atoms with E-state index in [9.17, 15) is 4.79 Å². The highest BCUT2D eigenvalue weighted by Gasteiger charge is 2.26. The number of fused-ring (bicyclic) bond motifs is 1. The third-order valence-electron chi connectivity index (χ3n) is 4.25. The Morgan fingerprint density at radius 1 is 1.48 bits per heavy atom. The normalized spacial score (nSPS) is 22.8. The number of ether oxygens (including phenoxy) is 1. The fraction of sp³-hybridized carbons (Fsp3) is 0.733. The van der Waals surface area contributed by atoms with Crippen LogP contribution in [0.4, 0.5) is 0 Å². The number of aromatic nitrogens is 1. The molecule has 2 heterocycles. The van der Waals surface area contributed by atoms with E-state index < -0.39 is 0 Å². The zero-order valence-electron chi connectivity index (χ0n) is 12.6. The molecule has 1 atom stereocenters. The number of carbonyl (C=O) groups excluding carboxylic acids is 1. The predicted molar refractivity (Wildman–Crippen MR) is 82.6 cm³/mol. The topological polar surface area (TPSA) is 54.5 Å². The minimum atomic E-state index is 0.127. The molecule has 3 rings (SSSR count). The van der Waals surface area contributed by atoms with Gasteiger partial charge in [-0.25, -0.2) is 4.98 Å². The Bertz CT molecular complexity index is 497. The summed E-state index contributed by atoms with van der Waals surface area (Å²) in [6.45, 7) is 7.27. The van der Waals surface area contributed by atoms with Gasteiger partial charge in [-0.05, 0) is 26.2 Å². The van der Waals surface area contributed by atoms with Gasteiger partial charge in [0.15, 0.2) is 0 Å². The van der Waals surface area contributed by atoms with Crippen LogP contribution in [-0.2, 0) is 22.4 Å². The van der Waals surface area contributed by atoms with E-state index in [1.807, 2.05) is 6.92 Å². The van der Waals surface area contributed by atoms with Crippen molar-refractivity contribution in [2.45, 2.75) is 26.2 Å². The number of thiazole rings is 1. The Kier molecular flexibility index (Phi) is 4.87. The monoisotopic (exact) mass is 309 g/mol. The van der Waals surface area contributed by atoms with Gasteiger partial charge in [0.1, 0.15) is 0 Å². The summed E-state index contributed by atoms with van der Waals surface area (Å²) in [5, 5.41) is 4.22. The molecule has 1 aliphatic carbocycles. The zero-order chi connectivity index (χ0) is 14.7. The summed E-state index contributed by atoms with van der Waals surface area (Å²) in [7, 11) is 0. The van der Waals surface area contributed by atoms with Gasteiger partial charge in [0.2, 0.25) is 5.91 Å². The summed E-state index contributed by atoms with van der Waals surface area (Å²) in [6, 6.07) is 0. The van der Waals surface area contributed by atoms with E-state index >= 15 is 0 Å². The lowest BCUT2D eigenvalue weighted by Crippen LogP contribution is -2.43. The van der Waals surface area contributed by atoms with Crippen LogP contribution >= 0.6 is 11.3 Å². The second-order valence-corrected chi connectivity index (χ2v) is 7.08. The van der Waals surface area contributed by atoms with Crippen molar-refractivity contribution in [2.24, 2.45) is 5.92 Å². The molecule has 5 nitrogen and oxygen atoms in total. The van der Waals surface area contributed by atoms with E-state index in [1.54, 1.807) is 11.3 Å². The molecular formula is C15H23N3O2S. The first-order valence-electron chi connectivity index (χ1n) is 7.75. The number of hydrogen-bond donors (Lipinski definition) is 1. The maximum atomic E-state index is 12.3. The van der Waals surface area contributed by atoms with Crippen LogP contribution in [0.25, 0.3) is 0 Å². The molecule has 1 amide bonds. The molecule has 0 saturated carbocycles. The highest BCUT2D eigenvalue weighted by Crippen LogP contribution is 2.29. The maximum absolute atomic E-state index is 12.3. The number of amides is 1. The van der Waals surface area contributed by atoms with Crippen LogP contribution < -0.4 is 5.32 Å². The fourth-order valence-corrected chi connectivity index (χ4v) is 4.10. The van der Waals surface area contributed by atoms with Crippen molar-refractivity contribution in [3.63, 3.8) is 0 Å². The number of hydrogen-bond acceptors (Lipinski definition) is 5. The van der Waals surface area contributed by atoms with E-state index in [-0.39, 0.29) is 11.8 Å². The Balaban J connectivity index is 1.43. The van der Waals surface area contributed by atoms with Crippen molar-refractivity contribution in [1.29, 1.82) is 0 Å². The summed E-state index contributed by atoms with van der Waals surface area (Å²) >= 11 is 1.74. The fourth-order valence-electron chi connectivity index (χ4n) is 3.03. The Hall–Kier alpha value is -0.980. The average molecular weight is 309 g/mol. The van der Waals surface area contributed by atoms with Gasteiger partial charge in [0.25, 0.3) is 0 Å². The molecule has 2 aliphatic rings. The van der Waals surface area contributed by atoms with Gasteiger partial charge >= 0.3 is 0 Å². The second-order valence-electron chi connectivity index (χ2n) is 5.79. The van der Waals surface area contributed by atoms with E-state index in [2.05, 4.69) is 15.2 Å². The van der Waals surface area contributed by atoms with E-state index in [0.29, 0.717) is 0 Å². The minimum absolute atomic E-state index is 0.127. The van der Waals surface area contributed by atoms with Gasteiger partial charge < -0.3 is 10.1 Å². The van der Waals surface area contributed by atoms with Crippen LogP contribution in [0.3, 0.4) is 0 Å². The summed E-state index contributed by atoms with van der Waals surface area (Å²) in [6.07, 6.45) is 2.74. The maximum Gasteiger partial charge on any atom is 0.223 e. The van der Waals surface area contributed by atoms with Crippen LogP contribution in [-0.4, -0.2) is 55.2 Å². The summed E-state index contributed by atoms with van der Waals surface area (Å²) < 4.78 is 5.32. The van der Waals surface area contributed by atoms with Gasteiger partial charge in [-0.3, -0.25) is 9.69 Å². The number of rotatable bonds is 4. The van der Waals surface area contributed by atoms with E-state index in [0.717, 1.165) is 63.7 Å². The molecular weight excluding hydrogens is 286 g/mol. The highest BCUT2D eigenvalue weighted by molar-refractivity contribution is 7.11. The molecule has 116 valence electrons. The smallest absolute Gasteiger partial charge is 0.223 e. The van der Waals surface area contributed by atoms with E-state index in [1.165, 1.54) is 10.6 Å². The van der Waals surface area contributed by atoms with Crippen molar-refractivity contribution in [1.82, 2.24) is 15.2 Å². The first kappa shape index (κ1) is 14.9. The van der Waals surface area contributed by atoms with Gasteiger partial charge in [-0.1, -0.05) is 0 Å². The Morgan fingerprint density at radius 2 is 2.29 bits per heavy atom. The lowest BCUT2D eigenvalue weighted by atomic mass is 9.90. The van der Waals surface area contributed by atoms with Gasteiger partial charge in [-0.15, -0.1) is 11.3 Å². The third kappa shape index (κ3) is 3.81. The van der Waals surface area contributed by atoms with Crippen LogP contribution in [0.5, 0.6) is 0 Å². The number of nitrogens with one attached hydrogen (secondary N) is 1. The molecule has 21 heavy (non-hydrogen) atoms. The Labute approximate surface area is 129 Å². The first-order chi connectivity index (χ1) is 10.2. The molecule has 0 radical (unpaired) electrons. The standard InChI is InChI=1S/C15H23N3O2S/c1-11-17-13-3-2-12(10-14(13)21-11)15(19)16-4-5-18-6-8-20-9-7-18/h12H,2-10H2,1H3,(H,16,19).